The van der Waals surface area contributed by atoms with Gasteiger partial charge in [0, 0.05) is 0 Å². The number of nitrogens with zero attached hydrogens (tertiary/aromatic N) is 1. The Labute approximate surface area is 149 Å². The molecule has 2 N–H and O–H groups in total. The molecule has 1 unspecified atom stereocenters. The number of hydrogen-bond donors (Lipinski definition) is 1. The number of amides is 1. The lowest BCUT2D eigenvalue weighted by molar-refractivity contribution is -0.119. The number of ether oxygens (including phenoxy) is 3. The Morgan fingerprint density at radius 2 is 1.67 bits per heavy atom. The van der Waals surface area contributed by atoms with Crippen LogP contribution in [-0.2, 0) is 4.79 Å². The van der Waals surface area contributed by atoms with Crippen LogP contribution in [0.4, 0.5) is 0 Å². The third kappa shape index (κ3) is 4.68. The van der Waals surface area contributed by atoms with Crippen LogP contribution < -0.4 is 19.9 Å². The summed E-state index contributed by atoms with van der Waals surface area (Å²) < 4.78 is 16.0. The van der Waals surface area contributed by atoms with E-state index in [1.54, 1.807) is 33.5 Å². The number of halogens is 1. The molecule has 6 nitrogen and oxygen atoms in total. The van der Waals surface area contributed by atoms with Gasteiger partial charge in [-0.1, -0.05) is 0 Å². The number of primary amides is 1. The van der Waals surface area contributed by atoms with E-state index in [1.807, 2.05) is 0 Å². The van der Waals surface area contributed by atoms with Gasteiger partial charge in [0.2, 0.25) is 11.7 Å². The molecule has 0 spiro atoms. The zero-order valence-corrected chi connectivity index (χ0v) is 15.4. The molecule has 1 amide bonds. The van der Waals surface area contributed by atoms with E-state index in [4.69, 9.17) is 19.9 Å². The fraction of sp³-hybridized carbons (Fsp3) is 0.588. The predicted octanol–water partition coefficient (Wildman–Crippen LogP) is 2.19. The Bertz CT molecular complexity index is 522. The molecule has 0 aromatic heterocycles. The highest BCUT2D eigenvalue weighted by Crippen LogP contribution is 2.40. The van der Waals surface area contributed by atoms with Crippen molar-refractivity contribution in [1.29, 1.82) is 0 Å². The van der Waals surface area contributed by atoms with Gasteiger partial charge >= 0.3 is 0 Å². The molecule has 1 heterocycles. The third-order valence-corrected chi connectivity index (χ3v) is 4.37. The van der Waals surface area contributed by atoms with Crippen molar-refractivity contribution in [3.63, 3.8) is 0 Å². The van der Waals surface area contributed by atoms with Crippen molar-refractivity contribution in [2.75, 3.05) is 41.0 Å². The maximum absolute atomic E-state index is 11.9. The minimum absolute atomic E-state index is 0. The number of nitrogens with two attached hydrogens (primary N) is 1. The summed E-state index contributed by atoms with van der Waals surface area (Å²) in [5.74, 6) is 0.882. The van der Waals surface area contributed by atoms with Crippen LogP contribution in [-0.4, -0.2) is 51.8 Å². The average molecular weight is 359 g/mol. The molecule has 1 saturated heterocycles. The molecule has 2 rings (SSSR count). The molecule has 1 aliphatic heterocycles. The zero-order valence-electron chi connectivity index (χ0n) is 14.5. The first-order valence-corrected chi connectivity index (χ1v) is 7.92. The molecule has 0 aliphatic carbocycles. The van der Waals surface area contributed by atoms with Gasteiger partial charge in [-0.2, -0.15) is 0 Å². The normalized spacial score (nSPS) is 15.5. The van der Waals surface area contributed by atoms with Gasteiger partial charge in [0.05, 0.1) is 27.2 Å². The lowest BCUT2D eigenvalue weighted by Crippen LogP contribution is -2.27. The molecule has 0 saturated carbocycles. The van der Waals surface area contributed by atoms with Crippen LogP contribution >= 0.6 is 12.4 Å². The molecule has 0 bridgehead atoms. The molecule has 1 atom stereocenters. The number of rotatable bonds is 8. The smallest absolute Gasteiger partial charge is 0.225 e. The molecule has 0 radical (unpaired) electrons. The van der Waals surface area contributed by atoms with Crippen molar-refractivity contribution in [2.45, 2.75) is 25.2 Å². The SMILES string of the molecule is COc1cc(C(CCN2CCCC2)C(N)=O)cc(OC)c1OC.Cl. The Hall–Kier alpha value is -1.66. The topological polar surface area (TPSA) is 74.0 Å². The summed E-state index contributed by atoms with van der Waals surface area (Å²) >= 11 is 0. The Balaban J connectivity index is 0.00000288. The van der Waals surface area contributed by atoms with Gasteiger partial charge in [-0.3, -0.25) is 4.79 Å². The van der Waals surface area contributed by atoms with E-state index in [-0.39, 0.29) is 24.2 Å². The Morgan fingerprint density at radius 3 is 2.08 bits per heavy atom. The summed E-state index contributed by atoms with van der Waals surface area (Å²) in [7, 11) is 4.67. The third-order valence-electron chi connectivity index (χ3n) is 4.37. The van der Waals surface area contributed by atoms with Crippen molar-refractivity contribution in [3.8, 4) is 17.2 Å². The zero-order chi connectivity index (χ0) is 16.8. The van der Waals surface area contributed by atoms with Crippen molar-refractivity contribution in [3.05, 3.63) is 17.7 Å². The number of carbonyl (C=O) groups is 1. The fourth-order valence-corrected chi connectivity index (χ4v) is 3.09. The molecule has 136 valence electrons. The average Bonchev–Trinajstić information content (AvgIpc) is 3.07. The number of likely N-dealkylation sites (tertiary alicyclic amines) is 1. The van der Waals surface area contributed by atoms with Crippen LogP contribution in [0.5, 0.6) is 17.2 Å². The largest absolute Gasteiger partial charge is 0.493 e. The van der Waals surface area contributed by atoms with E-state index in [0.29, 0.717) is 23.7 Å². The predicted molar refractivity (Wildman–Crippen MR) is 95.6 cm³/mol. The minimum atomic E-state index is -0.371. The van der Waals surface area contributed by atoms with Crippen LogP contribution in [0.25, 0.3) is 0 Å². The lowest BCUT2D eigenvalue weighted by Gasteiger charge is -2.21. The molecule has 7 heteroatoms. The summed E-state index contributed by atoms with van der Waals surface area (Å²) in [6, 6.07) is 3.61. The Morgan fingerprint density at radius 1 is 1.12 bits per heavy atom. The van der Waals surface area contributed by atoms with Gasteiger partial charge in [0.1, 0.15) is 0 Å². The van der Waals surface area contributed by atoms with E-state index < -0.39 is 0 Å². The summed E-state index contributed by atoms with van der Waals surface area (Å²) in [6.45, 7) is 3.06. The van der Waals surface area contributed by atoms with Crippen molar-refractivity contribution >= 4 is 18.3 Å². The van der Waals surface area contributed by atoms with Crippen LogP contribution in [0.2, 0.25) is 0 Å². The van der Waals surface area contributed by atoms with Crippen molar-refractivity contribution in [1.82, 2.24) is 4.90 Å². The van der Waals surface area contributed by atoms with Gasteiger partial charge in [-0.25, -0.2) is 0 Å². The number of methoxy groups -OCH3 is 3. The summed E-state index contributed by atoms with van der Waals surface area (Å²) in [5.41, 5.74) is 6.43. The molecule has 1 aromatic rings. The molecular formula is C17H27ClN2O4. The maximum atomic E-state index is 11.9. The van der Waals surface area contributed by atoms with Gasteiger partial charge in [0.25, 0.3) is 0 Å². The highest BCUT2D eigenvalue weighted by Gasteiger charge is 2.24. The van der Waals surface area contributed by atoms with Crippen LogP contribution in [0.15, 0.2) is 12.1 Å². The van der Waals surface area contributed by atoms with Crippen molar-refractivity contribution < 1.29 is 19.0 Å². The molecule has 24 heavy (non-hydrogen) atoms. The monoisotopic (exact) mass is 358 g/mol. The van der Waals surface area contributed by atoms with Gasteiger partial charge < -0.3 is 24.8 Å². The summed E-state index contributed by atoms with van der Waals surface area (Å²) in [5, 5.41) is 0. The van der Waals surface area contributed by atoms with Gasteiger partial charge in [-0.15, -0.1) is 12.4 Å². The molecule has 1 aromatic carbocycles. The highest BCUT2D eigenvalue weighted by atomic mass is 35.5. The van der Waals surface area contributed by atoms with E-state index in [1.165, 1.54) is 12.8 Å². The second kappa shape index (κ2) is 9.59. The van der Waals surface area contributed by atoms with E-state index in [2.05, 4.69) is 4.90 Å². The Kier molecular flexibility index (Phi) is 8.15. The highest BCUT2D eigenvalue weighted by molar-refractivity contribution is 5.85. The van der Waals surface area contributed by atoms with Crippen LogP contribution in [0.1, 0.15) is 30.7 Å². The molecule has 1 fully saturated rings. The molecular weight excluding hydrogens is 332 g/mol. The first kappa shape index (κ1) is 20.4. The summed E-state index contributed by atoms with van der Waals surface area (Å²) in [6.07, 6.45) is 3.14. The van der Waals surface area contributed by atoms with Crippen molar-refractivity contribution in [2.24, 2.45) is 5.73 Å². The lowest BCUT2D eigenvalue weighted by atomic mass is 9.94. The number of hydrogen-bond acceptors (Lipinski definition) is 5. The summed E-state index contributed by atoms with van der Waals surface area (Å²) in [4.78, 5) is 14.3. The van der Waals surface area contributed by atoms with E-state index >= 15 is 0 Å². The van der Waals surface area contributed by atoms with Gasteiger partial charge in [0.15, 0.2) is 11.5 Å². The fourth-order valence-electron chi connectivity index (χ4n) is 3.09. The van der Waals surface area contributed by atoms with E-state index in [0.717, 1.165) is 25.2 Å². The van der Waals surface area contributed by atoms with Crippen LogP contribution in [0.3, 0.4) is 0 Å². The van der Waals surface area contributed by atoms with E-state index in [9.17, 15) is 4.79 Å². The quantitative estimate of drug-likeness (QED) is 0.771. The molecule has 1 aliphatic rings. The van der Waals surface area contributed by atoms with Crippen LogP contribution in [0, 0.1) is 0 Å². The number of carbonyl (C=O) groups excluding carboxylic acids is 1. The first-order chi connectivity index (χ1) is 11.1. The standard InChI is InChI=1S/C17H26N2O4.ClH/c1-21-14-10-12(11-15(22-2)16(14)23-3)13(17(18)20)6-9-19-7-4-5-8-19;/h10-11,13H,4-9H2,1-3H3,(H2,18,20);1H. The first-order valence-electron chi connectivity index (χ1n) is 7.92. The second-order valence-corrected chi connectivity index (χ2v) is 5.75. The number of benzene rings is 1. The minimum Gasteiger partial charge on any atom is -0.493 e. The second-order valence-electron chi connectivity index (χ2n) is 5.75. The maximum Gasteiger partial charge on any atom is 0.225 e. The van der Waals surface area contributed by atoms with Gasteiger partial charge in [-0.05, 0) is 56.6 Å².